The molecule has 0 aliphatic carbocycles. The van der Waals surface area contributed by atoms with E-state index in [1.165, 1.54) is 0 Å². The summed E-state index contributed by atoms with van der Waals surface area (Å²) >= 11 is 0. The van der Waals surface area contributed by atoms with Crippen LogP contribution >= 0.6 is 0 Å². The molecular formula is C14H23N3O2. The Morgan fingerprint density at radius 3 is 2.58 bits per heavy atom. The van der Waals surface area contributed by atoms with Crippen LogP contribution in [0.1, 0.15) is 19.5 Å². The molecule has 2 N–H and O–H groups in total. The van der Waals surface area contributed by atoms with Crippen molar-refractivity contribution in [3.8, 4) is 0 Å². The van der Waals surface area contributed by atoms with Gasteiger partial charge in [0.2, 0.25) is 0 Å². The normalized spacial score (nSPS) is 16.1. The van der Waals surface area contributed by atoms with E-state index in [2.05, 4.69) is 18.7 Å². The molecule has 0 unspecified atom stereocenters. The molecule has 5 heteroatoms. The second-order valence-corrected chi connectivity index (χ2v) is 5.49. The standard InChI is InChI=1S/C14H23N3O2/c1-10(2)9-17-11(3)8-12(13(15)14(17)18)16-4-6-19-7-5-16/h8,10H,4-7,9,15H2,1-3H3. The number of anilines is 2. The van der Waals surface area contributed by atoms with Crippen molar-refractivity contribution < 1.29 is 4.74 Å². The Hall–Kier alpha value is -1.49. The Kier molecular flexibility index (Phi) is 4.14. The van der Waals surface area contributed by atoms with Crippen LogP contribution in [0.3, 0.4) is 0 Å². The van der Waals surface area contributed by atoms with E-state index in [1.807, 2.05) is 13.0 Å². The summed E-state index contributed by atoms with van der Waals surface area (Å²) in [5, 5.41) is 0. The third-order valence-corrected chi connectivity index (χ3v) is 3.42. The summed E-state index contributed by atoms with van der Waals surface area (Å²) in [5.74, 6) is 0.421. The van der Waals surface area contributed by atoms with E-state index < -0.39 is 0 Å². The van der Waals surface area contributed by atoms with E-state index in [0.29, 0.717) is 31.4 Å². The summed E-state index contributed by atoms with van der Waals surface area (Å²) in [7, 11) is 0. The van der Waals surface area contributed by atoms with Gasteiger partial charge < -0.3 is 19.9 Å². The first-order valence-electron chi connectivity index (χ1n) is 6.83. The molecule has 2 rings (SSSR count). The quantitative estimate of drug-likeness (QED) is 0.893. The van der Waals surface area contributed by atoms with E-state index in [4.69, 9.17) is 10.5 Å². The molecule has 1 saturated heterocycles. The van der Waals surface area contributed by atoms with Crippen molar-refractivity contribution in [1.29, 1.82) is 0 Å². The summed E-state index contributed by atoms with van der Waals surface area (Å²) in [4.78, 5) is 14.5. The SMILES string of the molecule is Cc1cc(N2CCOCC2)c(N)c(=O)n1CC(C)C. The van der Waals surface area contributed by atoms with E-state index in [9.17, 15) is 4.79 Å². The summed E-state index contributed by atoms with van der Waals surface area (Å²) in [6, 6.07) is 2.02. The van der Waals surface area contributed by atoms with E-state index in [0.717, 1.165) is 24.5 Å². The molecule has 0 saturated carbocycles. The van der Waals surface area contributed by atoms with E-state index >= 15 is 0 Å². The van der Waals surface area contributed by atoms with Crippen LogP contribution in [0.25, 0.3) is 0 Å². The van der Waals surface area contributed by atoms with Gasteiger partial charge in [-0.05, 0) is 18.9 Å². The number of rotatable bonds is 3. The minimum atomic E-state index is -0.0739. The predicted molar refractivity (Wildman–Crippen MR) is 77.7 cm³/mol. The average molecular weight is 265 g/mol. The van der Waals surface area contributed by atoms with Crippen LogP contribution < -0.4 is 16.2 Å². The molecule has 106 valence electrons. The Bertz CT molecular complexity index is 502. The van der Waals surface area contributed by atoms with Gasteiger partial charge in [-0.1, -0.05) is 13.8 Å². The van der Waals surface area contributed by atoms with Crippen molar-refractivity contribution in [1.82, 2.24) is 4.57 Å². The number of nitrogen functional groups attached to an aromatic ring is 1. The summed E-state index contributed by atoms with van der Waals surface area (Å²) in [6.45, 7) is 9.82. The average Bonchev–Trinajstić information content (AvgIpc) is 2.39. The fourth-order valence-electron chi connectivity index (χ4n) is 2.43. The van der Waals surface area contributed by atoms with Gasteiger partial charge >= 0.3 is 0 Å². The van der Waals surface area contributed by atoms with Crippen LogP contribution in [0.15, 0.2) is 10.9 Å². The van der Waals surface area contributed by atoms with Crippen molar-refractivity contribution in [3.63, 3.8) is 0 Å². The maximum atomic E-state index is 12.4. The molecule has 1 aliphatic rings. The number of hydrogen-bond donors (Lipinski definition) is 1. The van der Waals surface area contributed by atoms with Crippen LogP contribution in [0.2, 0.25) is 0 Å². The number of morpholine rings is 1. The first kappa shape index (κ1) is 13.9. The second-order valence-electron chi connectivity index (χ2n) is 5.49. The topological polar surface area (TPSA) is 60.5 Å². The molecule has 5 nitrogen and oxygen atoms in total. The lowest BCUT2D eigenvalue weighted by molar-refractivity contribution is 0.122. The minimum absolute atomic E-state index is 0.0739. The first-order chi connectivity index (χ1) is 9.00. The summed E-state index contributed by atoms with van der Waals surface area (Å²) < 4.78 is 7.10. The zero-order chi connectivity index (χ0) is 14.0. The minimum Gasteiger partial charge on any atom is -0.393 e. The summed E-state index contributed by atoms with van der Waals surface area (Å²) in [5.41, 5.74) is 8.14. The largest absolute Gasteiger partial charge is 0.393 e. The zero-order valence-corrected chi connectivity index (χ0v) is 12.0. The Labute approximate surface area is 114 Å². The van der Waals surface area contributed by atoms with Crippen molar-refractivity contribution in [3.05, 3.63) is 22.1 Å². The van der Waals surface area contributed by atoms with Gasteiger partial charge in [0.1, 0.15) is 5.69 Å². The maximum Gasteiger partial charge on any atom is 0.276 e. The number of aryl methyl sites for hydroxylation is 1. The van der Waals surface area contributed by atoms with Crippen molar-refractivity contribution in [2.75, 3.05) is 36.9 Å². The van der Waals surface area contributed by atoms with Crippen LogP contribution in [-0.2, 0) is 11.3 Å². The molecule has 0 aromatic carbocycles. The van der Waals surface area contributed by atoms with Crippen LogP contribution in [-0.4, -0.2) is 30.9 Å². The number of ether oxygens (including phenoxy) is 1. The lowest BCUT2D eigenvalue weighted by atomic mass is 10.2. The van der Waals surface area contributed by atoms with Gasteiger partial charge in [0.25, 0.3) is 5.56 Å². The molecule has 1 aromatic heterocycles. The molecule has 0 bridgehead atoms. The van der Waals surface area contributed by atoms with Gasteiger partial charge in [-0.15, -0.1) is 0 Å². The molecule has 1 aromatic rings. The number of hydrogen-bond acceptors (Lipinski definition) is 4. The maximum absolute atomic E-state index is 12.4. The fraction of sp³-hybridized carbons (Fsp3) is 0.643. The third kappa shape index (κ3) is 2.92. The number of pyridine rings is 1. The molecule has 0 atom stereocenters. The highest BCUT2D eigenvalue weighted by Gasteiger charge is 2.18. The van der Waals surface area contributed by atoms with E-state index in [1.54, 1.807) is 4.57 Å². The lowest BCUT2D eigenvalue weighted by Gasteiger charge is -2.30. The molecule has 0 radical (unpaired) electrons. The van der Waals surface area contributed by atoms with Gasteiger partial charge in [-0.25, -0.2) is 0 Å². The van der Waals surface area contributed by atoms with Gasteiger partial charge in [0, 0.05) is 25.3 Å². The lowest BCUT2D eigenvalue weighted by Crippen LogP contribution is -2.38. The Balaban J connectivity index is 2.39. The molecule has 2 heterocycles. The highest BCUT2D eigenvalue weighted by Crippen LogP contribution is 2.22. The monoisotopic (exact) mass is 265 g/mol. The van der Waals surface area contributed by atoms with Crippen molar-refractivity contribution in [2.45, 2.75) is 27.3 Å². The molecule has 0 spiro atoms. The van der Waals surface area contributed by atoms with Crippen molar-refractivity contribution >= 4 is 11.4 Å². The Morgan fingerprint density at radius 1 is 1.37 bits per heavy atom. The third-order valence-electron chi connectivity index (χ3n) is 3.42. The summed E-state index contributed by atoms with van der Waals surface area (Å²) in [6.07, 6.45) is 0. The highest BCUT2D eigenvalue weighted by molar-refractivity contribution is 5.67. The van der Waals surface area contributed by atoms with Crippen molar-refractivity contribution in [2.24, 2.45) is 5.92 Å². The van der Waals surface area contributed by atoms with Gasteiger partial charge in [-0.3, -0.25) is 4.79 Å². The molecular weight excluding hydrogens is 242 g/mol. The smallest absolute Gasteiger partial charge is 0.276 e. The number of aromatic nitrogens is 1. The van der Waals surface area contributed by atoms with Crippen LogP contribution in [0, 0.1) is 12.8 Å². The highest BCUT2D eigenvalue weighted by atomic mass is 16.5. The number of nitrogens with zero attached hydrogens (tertiary/aromatic N) is 2. The first-order valence-corrected chi connectivity index (χ1v) is 6.83. The van der Waals surface area contributed by atoms with E-state index in [-0.39, 0.29) is 5.56 Å². The second kappa shape index (κ2) is 5.65. The van der Waals surface area contributed by atoms with Gasteiger partial charge in [-0.2, -0.15) is 0 Å². The zero-order valence-electron chi connectivity index (χ0n) is 12.0. The number of nitrogens with two attached hydrogens (primary N) is 1. The van der Waals surface area contributed by atoms with Crippen LogP contribution in [0.4, 0.5) is 11.4 Å². The van der Waals surface area contributed by atoms with Gasteiger partial charge in [0.05, 0.1) is 18.9 Å². The fourth-order valence-corrected chi connectivity index (χ4v) is 2.43. The predicted octanol–water partition coefficient (Wildman–Crippen LogP) is 1.23. The Morgan fingerprint density at radius 2 is 2.00 bits per heavy atom. The molecule has 1 aliphatic heterocycles. The van der Waals surface area contributed by atoms with Crippen LogP contribution in [0.5, 0.6) is 0 Å². The molecule has 0 amide bonds. The van der Waals surface area contributed by atoms with Gasteiger partial charge in [0.15, 0.2) is 0 Å². The molecule has 19 heavy (non-hydrogen) atoms. The molecule has 1 fully saturated rings.